The Labute approximate surface area is 157 Å². The SMILES string of the molecule is COCCOc1cc(OC)cc2oc(-c3nc4sc(OC)nc4s3)cc12. The average molecular weight is 392 g/mol. The van der Waals surface area contributed by atoms with Crippen LogP contribution < -0.4 is 14.2 Å². The van der Waals surface area contributed by atoms with Gasteiger partial charge >= 0.3 is 0 Å². The predicted octanol–water partition coefficient (Wildman–Crippen LogP) is 4.21. The minimum Gasteiger partial charge on any atom is -0.496 e. The summed E-state index contributed by atoms with van der Waals surface area (Å²) in [6.07, 6.45) is 0. The number of rotatable bonds is 7. The maximum Gasteiger partial charge on any atom is 0.276 e. The first kappa shape index (κ1) is 17.1. The van der Waals surface area contributed by atoms with Crippen LogP contribution in [0.25, 0.3) is 31.4 Å². The highest BCUT2D eigenvalue weighted by Gasteiger charge is 2.18. The van der Waals surface area contributed by atoms with Gasteiger partial charge in [0.2, 0.25) is 0 Å². The van der Waals surface area contributed by atoms with Crippen LogP contribution in [0.2, 0.25) is 0 Å². The van der Waals surface area contributed by atoms with E-state index in [0.29, 0.717) is 41.2 Å². The fourth-order valence-electron chi connectivity index (χ4n) is 2.48. The van der Waals surface area contributed by atoms with Crippen molar-refractivity contribution in [1.82, 2.24) is 9.97 Å². The van der Waals surface area contributed by atoms with Gasteiger partial charge in [-0.3, -0.25) is 0 Å². The molecule has 0 aliphatic rings. The highest BCUT2D eigenvalue weighted by atomic mass is 32.1. The number of hydrogen-bond donors (Lipinski definition) is 0. The van der Waals surface area contributed by atoms with E-state index in [2.05, 4.69) is 9.97 Å². The molecule has 0 radical (unpaired) electrons. The van der Waals surface area contributed by atoms with Gasteiger partial charge in [-0.15, -0.1) is 0 Å². The quantitative estimate of drug-likeness (QED) is 0.436. The summed E-state index contributed by atoms with van der Waals surface area (Å²) in [5.41, 5.74) is 0.677. The molecule has 7 nitrogen and oxygen atoms in total. The van der Waals surface area contributed by atoms with E-state index in [1.165, 1.54) is 22.7 Å². The lowest BCUT2D eigenvalue weighted by Crippen LogP contribution is -2.04. The largest absolute Gasteiger partial charge is 0.496 e. The Balaban J connectivity index is 1.74. The first-order chi connectivity index (χ1) is 12.7. The first-order valence-corrected chi connectivity index (χ1v) is 9.40. The summed E-state index contributed by atoms with van der Waals surface area (Å²) >= 11 is 2.87. The molecule has 3 aromatic heterocycles. The van der Waals surface area contributed by atoms with Crippen molar-refractivity contribution in [3.05, 3.63) is 18.2 Å². The van der Waals surface area contributed by atoms with E-state index in [1.54, 1.807) is 21.3 Å². The van der Waals surface area contributed by atoms with Crippen molar-refractivity contribution in [2.24, 2.45) is 0 Å². The standard InChI is InChI=1S/C17H16N2O5S2/c1-20-4-5-23-11-6-9(21-2)7-12-10(11)8-13(24-12)14-18-15-16(25-14)19-17(22-3)26-15/h6-8H,4-5H2,1-3H3. The minimum absolute atomic E-state index is 0.440. The molecule has 4 rings (SSSR count). The molecule has 3 heterocycles. The molecule has 0 N–H and O–H groups in total. The van der Waals surface area contributed by atoms with E-state index in [9.17, 15) is 0 Å². The van der Waals surface area contributed by atoms with Crippen LogP contribution in [-0.4, -0.2) is 44.5 Å². The molecule has 0 atom stereocenters. The van der Waals surface area contributed by atoms with E-state index in [4.69, 9.17) is 23.4 Å². The lowest BCUT2D eigenvalue weighted by molar-refractivity contribution is 0.147. The Morgan fingerprint density at radius 3 is 2.54 bits per heavy atom. The highest BCUT2D eigenvalue weighted by Crippen LogP contribution is 2.40. The van der Waals surface area contributed by atoms with Crippen LogP contribution in [0.3, 0.4) is 0 Å². The highest BCUT2D eigenvalue weighted by molar-refractivity contribution is 7.28. The number of nitrogens with zero attached hydrogens (tertiary/aromatic N) is 2. The van der Waals surface area contributed by atoms with E-state index in [0.717, 1.165) is 20.1 Å². The predicted molar refractivity (Wildman–Crippen MR) is 101 cm³/mol. The topological polar surface area (TPSA) is 75.8 Å². The van der Waals surface area contributed by atoms with Gasteiger partial charge in [-0.2, -0.15) is 4.98 Å². The van der Waals surface area contributed by atoms with Crippen LogP contribution >= 0.6 is 22.7 Å². The van der Waals surface area contributed by atoms with Crippen molar-refractivity contribution in [2.45, 2.75) is 0 Å². The summed E-state index contributed by atoms with van der Waals surface area (Å²) in [5, 5.41) is 2.23. The first-order valence-electron chi connectivity index (χ1n) is 7.77. The Morgan fingerprint density at radius 1 is 0.962 bits per heavy atom. The lowest BCUT2D eigenvalue weighted by Gasteiger charge is -2.08. The van der Waals surface area contributed by atoms with E-state index >= 15 is 0 Å². The summed E-state index contributed by atoms with van der Waals surface area (Å²) in [7, 11) is 4.84. The fraction of sp³-hybridized carbons (Fsp3) is 0.294. The van der Waals surface area contributed by atoms with Gasteiger partial charge in [0.25, 0.3) is 5.19 Å². The molecule has 4 aromatic rings. The number of ether oxygens (including phenoxy) is 4. The smallest absolute Gasteiger partial charge is 0.276 e. The van der Waals surface area contributed by atoms with E-state index in [-0.39, 0.29) is 0 Å². The van der Waals surface area contributed by atoms with Gasteiger partial charge in [0.05, 0.1) is 26.2 Å². The molecule has 0 aliphatic heterocycles. The normalized spacial score (nSPS) is 11.3. The van der Waals surface area contributed by atoms with Gasteiger partial charge in [-0.1, -0.05) is 22.7 Å². The van der Waals surface area contributed by atoms with Crippen LogP contribution in [0.5, 0.6) is 16.7 Å². The fourth-order valence-corrected chi connectivity index (χ4v) is 4.28. The minimum atomic E-state index is 0.440. The second-order valence-electron chi connectivity index (χ2n) is 5.30. The van der Waals surface area contributed by atoms with Gasteiger partial charge in [-0.25, -0.2) is 4.98 Å². The van der Waals surface area contributed by atoms with E-state index < -0.39 is 0 Å². The zero-order valence-corrected chi connectivity index (χ0v) is 16.0. The maximum atomic E-state index is 6.00. The summed E-state index contributed by atoms with van der Waals surface area (Å²) in [6.45, 7) is 0.940. The summed E-state index contributed by atoms with van der Waals surface area (Å²) in [4.78, 5) is 10.6. The van der Waals surface area contributed by atoms with Crippen molar-refractivity contribution >= 4 is 43.3 Å². The number of benzene rings is 1. The van der Waals surface area contributed by atoms with Crippen molar-refractivity contribution in [2.75, 3.05) is 34.5 Å². The van der Waals surface area contributed by atoms with Gasteiger partial charge in [-0.05, 0) is 6.07 Å². The zero-order chi connectivity index (χ0) is 18.1. The molecule has 26 heavy (non-hydrogen) atoms. The molecular formula is C17H16N2O5S2. The number of hydrogen-bond acceptors (Lipinski definition) is 9. The van der Waals surface area contributed by atoms with Crippen molar-refractivity contribution < 1.29 is 23.4 Å². The molecule has 136 valence electrons. The monoisotopic (exact) mass is 392 g/mol. The van der Waals surface area contributed by atoms with Crippen LogP contribution in [0, 0.1) is 0 Å². The summed E-state index contributed by atoms with van der Waals surface area (Å²) in [5.74, 6) is 2.01. The maximum absolute atomic E-state index is 6.00. The molecule has 0 unspecified atom stereocenters. The number of aromatic nitrogens is 2. The van der Waals surface area contributed by atoms with Crippen LogP contribution in [0.4, 0.5) is 0 Å². The number of fused-ring (bicyclic) bond motifs is 2. The molecular weight excluding hydrogens is 376 g/mol. The Hall–Kier alpha value is -2.36. The zero-order valence-electron chi connectivity index (χ0n) is 14.4. The van der Waals surface area contributed by atoms with Gasteiger partial charge in [0.15, 0.2) is 20.4 Å². The Kier molecular flexibility index (Phi) is 4.66. The molecule has 0 saturated carbocycles. The molecule has 0 amide bonds. The van der Waals surface area contributed by atoms with Gasteiger partial charge in [0, 0.05) is 19.2 Å². The van der Waals surface area contributed by atoms with Crippen molar-refractivity contribution in [3.8, 4) is 27.5 Å². The number of furan rings is 1. The summed E-state index contributed by atoms with van der Waals surface area (Å²) in [6, 6.07) is 5.60. The van der Waals surface area contributed by atoms with Gasteiger partial charge in [0.1, 0.15) is 23.7 Å². The van der Waals surface area contributed by atoms with Crippen molar-refractivity contribution in [3.63, 3.8) is 0 Å². The Bertz CT molecular complexity index is 1020. The summed E-state index contributed by atoms with van der Waals surface area (Å²) < 4.78 is 27.4. The van der Waals surface area contributed by atoms with Crippen LogP contribution in [0.15, 0.2) is 22.6 Å². The van der Waals surface area contributed by atoms with Crippen molar-refractivity contribution in [1.29, 1.82) is 0 Å². The molecule has 0 spiro atoms. The molecule has 9 heteroatoms. The molecule has 1 aromatic carbocycles. The third-order valence-electron chi connectivity index (χ3n) is 3.70. The van der Waals surface area contributed by atoms with Gasteiger partial charge < -0.3 is 23.4 Å². The molecule has 0 fully saturated rings. The van der Waals surface area contributed by atoms with Crippen LogP contribution in [-0.2, 0) is 4.74 Å². The molecule has 0 bridgehead atoms. The number of methoxy groups -OCH3 is 3. The second-order valence-corrected chi connectivity index (χ2v) is 7.22. The number of thiazole rings is 2. The molecule has 0 saturated heterocycles. The second kappa shape index (κ2) is 7.10. The van der Waals surface area contributed by atoms with E-state index in [1.807, 2.05) is 18.2 Å². The lowest BCUT2D eigenvalue weighted by atomic mass is 10.2. The third kappa shape index (κ3) is 3.09. The molecule has 0 aliphatic carbocycles. The average Bonchev–Trinajstić information content (AvgIpc) is 3.33. The Morgan fingerprint density at radius 2 is 1.81 bits per heavy atom. The third-order valence-corrected chi connectivity index (χ3v) is 5.70. The van der Waals surface area contributed by atoms with Crippen LogP contribution in [0.1, 0.15) is 0 Å².